The van der Waals surface area contributed by atoms with Crippen LogP contribution < -0.4 is 10.4 Å². The van der Waals surface area contributed by atoms with Crippen LogP contribution in [0.1, 0.15) is 68.5 Å². The van der Waals surface area contributed by atoms with Gasteiger partial charge >= 0.3 is 22.8 Å². The molecule has 1 aromatic heterocycles. The first-order valence-corrected chi connectivity index (χ1v) is 16.4. The van der Waals surface area contributed by atoms with Crippen LogP contribution in [0, 0.1) is 0 Å². The second kappa shape index (κ2) is 10.5. The van der Waals surface area contributed by atoms with Gasteiger partial charge in [0.05, 0.1) is 13.2 Å². The second-order valence-corrected chi connectivity index (χ2v) is 19.3. The van der Waals surface area contributed by atoms with Crippen LogP contribution in [0.4, 0.5) is 0 Å². The molecule has 0 amide bonds. The second-order valence-electron chi connectivity index (χ2n) is 10.5. The van der Waals surface area contributed by atoms with Gasteiger partial charge in [-0.15, -0.1) is 0 Å². The summed E-state index contributed by atoms with van der Waals surface area (Å²) in [5.41, 5.74) is 0.112. The van der Waals surface area contributed by atoms with Crippen molar-refractivity contribution in [3.63, 3.8) is 0 Å². The molecule has 0 aromatic carbocycles. The van der Waals surface area contributed by atoms with Crippen LogP contribution in [-0.4, -0.2) is 63.3 Å². The van der Waals surface area contributed by atoms with Crippen LogP contribution in [0.3, 0.4) is 0 Å². The van der Waals surface area contributed by atoms with Crippen molar-refractivity contribution in [2.24, 2.45) is 0 Å². The van der Waals surface area contributed by atoms with Crippen molar-refractivity contribution in [2.45, 2.75) is 109 Å². The van der Waals surface area contributed by atoms with E-state index in [-0.39, 0.29) is 34.7 Å². The standard InChI is InChI=1S/C23H42N2O7Si2/c1-10-28-19-11-12-25(23(27)24-19)22-20(26)21-18(30-22)13-29-33(14(2)3,15(4)5)32-34(31-21,16(6)7)17(8)9/h11-12,14-18,20-22,26H,10,13H2,1-9H3/t18-,20-,21?,22+/m0/s1. The summed E-state index contributed by atoms with van der Waals surface area (Å²) in [6.45, 7) is 19.6. The number of aliphatic hydroxyl groups excluding tert-OH is 1. The Morgan fingerprint density at radius 3 is 2.18 bits per heavy atom. The third-order valence-corrected chi connectivity index (χ3v) is 17.3. The first-order valence-electron chi connectivity index (χ1n) is 12.5. The molecule has 2 fully saturated rings. The minimum Gasteiger partial charge on any atom is -0.478 e. The Morgan fingerprint density at radius 1 is 1.09 bits per heavy atom. The highest BCUT2D eigenvalue weighted by Gasteiger charge is 2.61. The molecular weight excluding hydrogens is 472 g/mol. The molecule has 2 aliphatic rings. The number of ether oxygens (including phenoxy) is 2. The fourth-order valence-electron chi connectivity index (χ4n) is 5.19. The van der Waals surface area contributed by atoms with E-state index in [1.54, 1.807) is 12.3 Å². The predicted molar refractivity (Wildman–Crippen MR) is 133 cm³/mol. The highest BCUT2D eigenvalue weighted by molar-refractivity contribution is 6.83. The van der Waals surface area contributed by atoms with Gasteiger partial charge < -0.3 is 27.5 Å². The van der Waals surface area contributed by atoms with Crippen molar-refractivity contribution in [3.8, 4) is 5.88 Å². The first kappa shape index (κ1) is 27.5. The molecule has 0 spiro atoms. The predicted octanol–water partition coefficient (Wildman–Crippen LogP) is 3.86. The maximum Gasteiger partial charge on any atom is 0.353 e. The molecule has 2 saturated heterocycles. The number of fused-ring (bicyclic) bond motifs is 1. The number of rotatable bonds is 7. The Bertz CT molecular complexity index is 876. The van der Waals surface area contributed by atoms with E-state index in [2.05, 4.69) is 60.4 Å². The number of nitrogens with zero attached hydrogens (tertiary/aromatic N) is 2. The summed E-state index contributed by atoms with van der Waals surface area (Å²) in [4.78, 5) is 16.7. The zero-order valence-electron chi connectivity index (χ0n) is 22.0. The maximum absolute atomic E-state index is 12.7. The van der Waals surface area contributed by atoms with Crippen LogP contribution in [0.2, 0.25) is 22.2 Å². The lowest BCUT2D eigenvalue weighted by Gasteiger charge is -2.51. The van der Waals surface area contributed by atoms with E-state index < -0.39 is 47.4 Å². The Labute approximate surface area is 205 Å². The molecular formula is C23H42N2O7Si2. The van der Waals surface area contributed by atoms with E-state index >= 15 is 0 Å². The van der Waals surface area contributed by atoms with Gasteiger partial charge in [-0.2, -0.15) is 4.98 Å². The summed E-state index contributed by atoms with van der Waals surface area (Å²) in [6, 6.07) is 1.60. The summed E-state index contributed by atoms with van der Waals surface area (Å²) in [5.74, 6) is 0.242. The van der Waals surface area contributed by atoms with Crippen LogP contribution in [0.15, 0.2) is 17.1 Å². The SMILES string of the molecule is CCOc1ccn([C@@H]2O[C@H]3CO[Si](C(C)C)(C(C)C)O[Si](C(C)C)(C(C)C)OC3[C@@H]2O)c(=O)n1. The minimum absolute atomic E-state index is 0.125. The van der Waals surface area contributed by atoms with Gasteiger partial charge in [0.1, 0.15) is 18.3 Å². The third-order valence-electron chi connectivity index (χ3n) is 7.01. The third kappa shape index (κ3) is 4.80. The van der Waals surface area contributed by atoms with Crippen molar-refractivity contribution < 1.29 is 27.5 Å². The molecule has 0 aliphatic carbocycles. The van der Waals surface area contributed by atoms with Gasteiger partial charge in [-0.3, -0.25) is 4.57 Å². The Morgan fingerprint density at radius 2 is 1.68 bits per heavy atom. The van der Waals surface area contributed by atoms with Crippen molar-refractivity contribution in [3.05, 3.63) is 22.7 Å². The lowest BCUT2D eigenvalue weighted by atomic mass is 10.1. The van der Waals surface area contributed by atoms with E-state index in [0.717, 1.165) is 0 Å². The van der Waals surface area contributed by atoms with E-state index in [1.165, 1.54) is 4.57 Å². The van der Waals surface area contributed by atoms with Crippen molar-refractivity contribution in [2.75, 3.05) is 13.2 Å². The molecule has 34 heavy (non-hydrogen) atoms. The Kier molecular flexibility index (Phi) is 8.49. The van der Waals surface area contributed by atoms with Crippen LogP contribution in [-0.2, 0) is 17.7 Å². The van der Waals surface area contributed by atoms with Gasteiger partial charge in [-0.1, -0.05) is 55.4 Å². The highest BCUT2D eigenvalue weighted by atomic mass is 28.5. The van der Waals surface area contributed by atoms with Gasteiger partial charge in [0.15, 0.2) is 6.23 Å². The number of aromatic nitrogens is 2. The monoisotopic (exact) mass is 514 g/mol. The molecule has 4 atom stereocenters. The van der Waals surface area contributed by atoms with Crippen molar-refractivity contribution in [1.29, 1.82) is 0 Å². The Hall–Kier alpha value is -1.09. The molecule has 3 rings (SSSR count). The first-order chi connectivity index (χ1) is 15.9. The molecule has 11 heteroatoms. The van der Waals surface area contributed by atoms with Crippen LogP contribution in [0.25, 0.3) is 0 Å². The molecule has 0 radical (unpaired) electrons. The maximum atomic E-state index is 12.7. The van der Waals surface area contributed by atoms with E-state index in [1.807, 2.05) is 6.92 Å². The van der Waals surface area contributed by atoms with Crippen LogP contribution in [0.5, 0.6) is 5.88 Å². The lowest BCUT2D eigenvalue weighted by molar-refractivity contribution is -0.0601. The zero-order chi connectivity index (χ0) is 25.4. The van der Waals surface area contributed by atoms with E-state index in [4.69, 9.17) is 22.4 Å². The number of aliphatic hydroxyl groups is 1. The quantitative estimate of drug-likeness (QED) is 0.548. The molecule has 2 aliphatic heterocycles. The summed E-state index contributed by atoms with van der Waals surface area (Å²) in [7, 11) is -5.61. The van der Waals surface area contributed by atoms with E-state index in [9.17, 15) is 9.90 Å². The van der Waals surface area contributed by atoms with Gasteiger partial charge in [0.25, 0.3) is 0 Å². The molecule has 194 valence electrons. The average molecular weight is 515 g/mol. The summed E-state index contributed by atoms with van der Waals surface area (Å²) in [6.07, 6.45) is -1.68. The molecule has 1 N–H and O–H groups in total. The number of hydrogen-bond acceptors (Lipinski definition) is 8. The van der Waals surface area contributed by atoms with Crippen molar-refractivity contribution in [1.82, 2.24) is 9.55 Å². The fourth-order valence-corrected chi connectivity index (χ4v) is 16.4. The molecule has 1 aromatic rings. The average Bonchev–Trinajstić information content (AvgIpc) is 3.02. The van der Waals surface area contributed by atoms with Gasteiger partial charge in [0, 0.05) is 12.3 Å². The zero-order valence-corrected chi connectivity index (χ0v) is 24.0. The van der Waals surface area contributed by atoms with E-state index in [0.29, 0.717) is 6.61 Å². The summed E-state index contributed by atoms with van der Waals surface area (Å²) in [5, 5.41) is 11.3. The minimum atomic E-state index is -2.90. The summed E-state index contributed by atoms with van der Waals surface area (Å²) < 4.78 is 33.6. The Balaban J connectivity index is 2.03. The van der Waals surface area contributed by atoms with Crippen molar-refractivity contribution >= 4 is 17.1 Å². The van der Waals surface area contributed by atoms with Gasteiger partial charge in [-0.25, -0.2) is 4.79 Å². The lowest BCUT2D eigenvalue weighted by Crippen LogP contribution is -2.65. The topological polar surface area (TPSA) is 101 Å². The largest absolute Gasteiger partial charge is 0.478 e. The normalized spacial score (nSPS) is 28.9. The number of hydrogen-bond donors (Lipinski definition) is 1. The molecule has 1 unspecified atom stereocenters. The van der Waals surface area contributed by atoms with Gasteiger partial charge in [-0.05, 0) is 29.1 Å². The smallest absolute Gasteiger partial charge is 0.353 e. The molecule has 3 heterocycles. The highest BCUT2D eigenvalue weighted by Crippen LogP contribution is 2.48. The fraction of sp³-hybridized carbons (Fsp3) is 0.826. The van der Waals surface area contributed by atoms with Crippen LogP contribution >= 0.6 is 0 Å². The van der Waals surface area contributed by atoms with Gasteiger partial charge in [0.2, 0.25) is 5.88 Å². The molecule has 0 saturated carbocycles. The summed E-state index contributed by atoms with van der Waals surface area (Å²) >= 11 is 0. The molecule has 0 bridgehead atoms. The molecule has 9 nitrogen and oxygen atoms in total.